The molecule has 4 nitrogen and oxygen atoms in total. The van der Waals surface area contributed by atoms with Crippen LogP contribution in [-0.4, -0.2) is 35.4 Å². The molecule has 1 heterocycles. The van der Waals surface area contributed by atoms with Crippen LogP contribution in [0.1, 0.15) is 53.7 Å². The second-order valence-electron chi connectivity index (χ2n) is 8.94. The summed E-state index contributed by atoms with van der Waals surface area (Å²) < 4.78 is 84.5. The Labute approximate surface area is 209 Å². The number of hydrogen-bond acceptors (Lipinski definition) is 5. The van der Waals surface area contributed by atoms with Gasteiger partial charge < -0.3 is 15.6 Å². The molecule has 0 radical (unpaired) electrons. The van der Waals surface area contributed by atoms with Crippen LogP contribution in [0.25, 0.3) is 0 Å². The summed E-state index contributed by atoms with van der Waals surface area (Å²) in [5.41, 5.74) is 4.60. The number of halogens is 6. The second kappa shape index (κ2) is 11.4. The van der Waals surface area contributed by atoms with Gasteiger partial charge in [0.1, 0.15) is 5.75 Å². The van der Waals surface area contributed by atoms with E-state index in [1.807, 2.05) is 0 Å². The zero-order valence-corrected chi connectivity index (χ0v) is 20.4. The third-order valence-corrected chi connectivity index (χ3v) is 7.33. The van der Waals surface area contributed by atoms with E-state index in [0.29, 0.717) is 36.3 Å². The van der Waals surface area contributed by atoms with Crippen molar-refractivity contribution in [3.8, 4) is 5.75 Å². The normalized spacial score (nSPS) is 18.1. The Hall–Kier alpha value is -2.24. The molecule has 3 rings (SSSR count). The summed E-state index contributed by atoms with van der Waals surface area (Å²) in [7, 11) is 0. The van der Waals surface area contributed by atoms with Gasteiger partial charge in [-0.3, -0.25) is 4.99 Å². The van der Waals surface area contributed by atoms with E-state index >= 15 is 0 Å². The fraction of sp³-hybridized carbons (Fsp3) is 0.480. The Bertz CT molecular complexity index is 1050. The van der Waals surface area contributed by atoms with Gasteiger partial charge in [0.15, 0.2) is 0 Å². The molecule has 11 heteroatoms. The van der Waals surface area contributed by atoms with Crippen molar-refractivity contribution in [2.75, 3.05) is 19.8 Å². The van der Waals surface area contributed by atoms with E-state index in [2.05, 4.69) is 4.99 Å². The summed E-state index contributed by atoms with van der Waals surface area (Å²) in [5.74, 6) is -0.253. The van der Waals surface area contributed by atoms with Crippen molar-refractivity contribution in [3.05, 3.63) is 64.7 Å². The lowest BCUT2D eigenvalue weighted by atomic mass is 10.0. The number of aliphatic hydroxyl groups is 1. The zero-order valence-electron chi connectivity index (χ0n) is 19.6. The number of nitrogens with zero attached hydrogens (tertiary/aromatic N) is 1. The predicted molar refractivity (Wildman–Crippen MR) is 128 cm³/mol. The minimum atomic E-state index is -4.60. The van der Waals surface area contributed by atoms with E-state index in [0.717, 1.165) is 23.8 Å². The number of hydrogen-bond donors (Lipinski definition) is 2. The standard InChI is InChI=1S/C25H28F6N2O2S/c1-23(32,15-34)22-33-14-21(36-22)17-8-11-20(19(13-17)25(29,30)31)35-12-4-2-3-5-16-6-9-18(10-7-16)24(26,27)28/h6-11,13,21,34H,2-5,12,14-15,32H2,1H3/t21?,23-/m0/s1. The van der Waals surface area contributed by atoms with Crippen molar-refractivity contribution in [1.29, 1.82) is 0 Å². The molecule has 2 aromatic rings. The van der Waals surface area contributed by atoms with Crippen molar-refractivity contribution in [1.82, 2.24) is 0 Å². The third-order valence-electron chi connectivity index (χ3n) is 5.80. The molecule has 0 saturated carbocycles. The average molecular weight is 535 g/mol. The quantitative estimate of drug-likeness (QED) is 0.273. The molecule has 3 N–H and O–H groups in total. The van der Waals surface area contributed by atoms with Crippen LogP contribution in [0.3, 0.4) is 0 Å². The van der Waals surface area contributed by atoms with Gasteiger partial charge in [0.05, 0.1) is 46.7 Å². The van der Waals surface area contributed by atoms with Gasteiger partial charge in [-0.05, 0) is 68.0 Å². The van der Waals surface area contributed by atoms with E-state index in [9.17, 15) is 31.4 Å². The molecule has 36 heavy (non-hydrogen) atoms. The lowest BCUT2D eigenvalue weighted by Gasteiger charge is -2.22. The summed E-state index contributed by atoms with van der Waals surface area (Å²) in [6, 6.07) is 8.92. The van der Waals surface area contributed by atoms with Gasteiger partial charge in [0.2, 0.25) is 0 Å². The molecular weight excluding hydrogens is 506 g/mol. The summed E-state index contributed by atoms with van der Waals surface area (Å²) in [5, 5.41) is 9.57. The Morgan fingerprint density at radius 1 is 1.00 bits per heavy atom. The SMILES string of the molecule is C[C@](N)(CO)C1=NCC(c2ccc(OCCCCCc3ccc(C(F)(F)F)cc3)c(C(F)(F)F)c2)S1. The van der Waals surface area contributed by atoms with Gasteiger partial charge >= 0.3 is 12.4 Å². The molecule has 0 saturated heterocycles. The molecule has 1 aliphatic rings. The maximum atomic E-state index is 13.7. The predicted octanol–water partition coefficient (Wildman–Crippen LogP) is 6.41. The Balaban J connectivity index is 1.52. The minimum Gasteiger partial charge on any atom is -0.493 e. The van der Waals surface area contributed by atoms with Crippen molar-refractivity contribution in [3.63, 3.8) is 0 Å². The number of alkyl halides is 6. The molecule has 0 amide bonds. The van der Waals surface area contributed by atoms with Gasteiger partial charge in [-0.25, -0.2) is 0 Å². The lowest BCUT2D eigenvalue weighted by Crippen LogP contribution is -2.46. The van der Waals surface area contributed by atoms with Crippen LogP contribution in [0.4, 0.5) is 26.3 Å². The zero-order chi connectivity index (χ0) is 26.6. The molecule has 0 bridgehead atoms. The molecule has 0 spiro atoms. The number of aryl methyl sites for hydroxylation is 1. The summed E-state index contributed by atoms with van der Waals surface area (Å²) in [4.78, 5) is 4.30. The first-order valence-corrected chi connectivity index (χ1v) is 12.3. The van der Waals surface area contributed by atoms with Crippen molar-refractivity contribution in [2.24, 2.45) is 10.7 Å². The molecule has 198 valence electrons. The molecular formula is C25H28F6N2O2S. The topological polar surface area (TPSA) is 67.8 Å². The van der Waals surface area contributed by atoms with Gasteiger partial charge in [0, 0.05) is 0 Å². The van der Waals surface area contributed by atoms with Crippen LogP contribution in [0, 0.1) is 0 Å². The number of thioether (sulfide) groups is 1. The highest BCUT2D eigenvalue weighted by Crippen LogP contribution is 2.43. The van der Waals surface area contributed by atoms with Crippen LogP contribution >= 0.6 is 11.8 Å². The maximum absolute atomic E-state index is 13.7. The summed E-state index contributed by atoms with van der Waals surface area (Å²) in [6.45, 7) is 1.64. The van der Waals surface area contributed by atoms with E-state index < -0.39 is 29.0 Å². The van der Waals surface area contributed by atoms with Crippen molar-refractivity contribution in [2.45, 2.75) is 55.7 Å². The maximum Gasteiger partial charge on any atom is 0.419 e. The van der Waals surface area contributed by atoms with Crippen LogP contribution < -0.4 is 10.5 Å². The minimum absolute atomic E-state index is 0.0862. The lowest BCUT2D eigenvalue weighted by molar-refractivity contribution is -0.139. The van der Waals surface area contributed by atoms with Gasteiger partial charge in [0.25, 0.3) is 0 Å². The van der Waals surface area contributed by atoms with Gasteiger partial charge in [-0.1, -0.05) is 30.0 Å². The van der Waals surface area contributed by atoms with Crippen LogP contribution in [-0.2, 0) is 18.8 Å². The molecule has 2 aromatic carbocycles. The third kappa shape index (κ3) is 7.39. The molecule has 0 aliphatic carbocycles. The number of aliphatic hydroxyl groups excluding tert-OH is 1. The van der Waals surface area contributed by atoms with Crippen molar-refractivity contribution < 1.29 is 36.2 Å². The first kappa shape index (κ1) is 28.3. The summed E-state index contributed by atoms with van der Waals surface area (Å²) in [6.07, 6.45) is -6.57. The van der Waals surface area contributed by atoms with E-state index in [1.54, 1.807) is 13.0 Å². The van der Waals surface area contributed by atoms with Crippen LogP contribution in [0.2, 0.25) is 0 Å². The molecule has 2 atom stereocenters. The monoisotopic (exact) mass is 534 g/mol. The molecule has 0 fully saturated rings. The number of ether oxygens (including phenoxy) is 1. The highest BCUT2D eigenvalue weighted by atomic mass is 32.2. The van der Waals surface area contributed by atoms with E-state index in [1.165, 1.54) is 30.0 Å². The summed E-state index contributed by atoms with van der Waals surface area (Å²) >= 11 is 1.25. The average Bonchev–Trinajstić information content (AvgIpc) is 3.32. The number of unbranched alkanes of at least 4 members (excludes halogenated alkanes) is 2. The van der Waals surface area contributed by atoms with E-state index in [-0.39, 0.29) is 30.8 Å². The van der Waals surface area contributed by atoms with E-state index in [4.69, 9.17) is 10.5 Å². The van der Waals surface area contributed by atoms with Crippen molar-refractivity contribution >= 4 is 16.8 Å². The smallest absolute Gasteiger partial charge is 0.419 e. The second-order valence-corrected chi connectivity index (χ2v) is 10.1. The fourth-order valence-electron chi connectivity index (χ4n) is 3.68. The Morgan fingerprint density at radius 2 is 1.69 bits per heavy atom. The molecule has 1 aliphatic heterocycles. The van der Waals surface area contributed by atoms with Crippen LogP contribution in [0.5, 0.6) is 5.75 Å². The number of rotatable bonds is 10. The highest BCUT2D eigenvalue weighted by Gasteiger charge is 2.37. The first-order chi connectivity index (χ1) is 16.8. The Morgan fingerprint density at radius 3 is 2.31 bits per heavy atom. The fourth-order valence-corrected chi connectivity index (χ4v) is 4.86. The molecule has 0 aromatic heterocycles. The Kier molecular flexibility index (Phi) is 9.00. The number of aliphatic imine (C=N–C) groups is 1. The van der Waals surface area contributed by atoms with Crippen LogP contribution in [0.15, 0.2) is 47.5 Å². The highest BCUT2D eigenvalue weighted by molar-refractivity contribution is 8.14. The molecule has 1 unspecified atom stereocenters. The first-order valence-electron chi connectivity index (χ1n) is 11.4. The number of benzene rings is 2. The largest absolute Gasteiger partial charge is 0.493 e. The van der Waals surface area contributed by atoms with Gasteiger partial charge in [-0.2, -0.15) is 26.3 Å². The number of nitrogens with two attached hydrogens (primary N) is 1. The van der Waals surface area contributed by atoms with Gasteiger partial charge in [-0.15, -0.1) is 0 Å².